The second kappa shape index (κ2) is 3.52. The number of rotatable bonds is 2. The molecule has 0 atom stereocenters. The highest BCUT2D eigenvalue weighted by Crippen LogP contribution is 2.31. The fraction of sp³-hybridized carbons (Fsp3) is 0.714. The molecule has 0 aliphatic carbocycles. The number of nitrogens with zero attached hydrogens (tertiary/aromatic N) is 1. The van der Waals surface area contributed by atoms with Gasteiger partial charge >= 0.3 is 6.05 Å². The number of alkyl halides is 2. The summed E-state index contributed by atoms with van der Waals surface area (Å²) in [6, 6.07) is -3.38. The largest absolute Gasteiger partial charge is 0.356 e. The molecule has 12 heavy (non-hydrogen) atoms. The summed E-state index contributed by atoms with van der Waals surface area (Å²) in [5.74, 6) is -0.525. The van der Waals surface area contributed by atoms with Gasteiger partial charge in [-0.25, -0.2) is 9.29 Å². The zero-order valence-electron chi connectivity index (χ0n) is 6.99. The summed E-state index contributed by atoms with van der Waals surface area (Å²) in [6.07, 6.45) is 1.46. The Labute approximate surface area is 70.6 Å². The van der Waals surface area contributed by atoms with Crippen LogP contribution in [0.3, 0.4) is 0 Å². The van der Waals surface area contributed by atoms with Crippen LogP contribution in [-0.4, -0.2) is 31.9 Å². The van der Waals surface area contributed by atoms with Gasteiger partial charge in [0.1, 0.15) is 7.85 Å². The van der Waals surface area contributed by atoms with Gasteiger partial charge in [-0.2, -0.15) is 8.78 Å². The van der Waals surface area contributed by atoms with Crippen molar-refractivity contribution in [3.8, 4) is 0 Å². The van der Waals surface area contributed by atoms with Gasteiger partial charge < -0.3 is 0 Å². The van der Waals surface area contributed by atoms with Crippen LogP contribution in [-0.2, 0) is 0 Å². The van der Waals surface area contributed by atoms with E-state index in [9.17, 15) is 13.2 Å². The van der Waals surface area contributed by atoms with Crippen molar-refractivity contribution >= 4 is 7.85 Å². The van der Waals surface area contributed by atoms with Crippen molar-refractivity contribution < 1.29 is 13.2 Å². The SMILES string of the molecule is B/C=C(\F)C(F)(F)N1CCCC1. The number of halogens is 3. The fourth-order valence-electron chi connectivity index (χ4n) is 1.32. The predicted octanol–water partition coefficient (Wildman–Crippen LogP) is 1.12. The Kier molecular flexibility index (Phi) is 2.83. The molecule has 1 nitrogen and oxygen atoms in total. The van der Waals surface area contributed by atoms with E-state index in [1.807, 2.05) is 0 Å². The molecule has 0 saturated carbocycles. The van der Waals surface area contributed by atoms with E-state index in [1.54, 1.807) is 0 Å². The minimum atomic E-state index is -3.38. The minimum absolute atomic E-state index is 0.286. The predicted molar refractivity (Wildman–Crippen MR) is 43.5 cm³/mol. The third kappa shape index (κ3) is 1.66. The van der Waals surface area contributed by atoms with Gasteiger partial charge in [-0.3, -0.25) is 0 Å². The van der Waals surface area contributed by atoms with Crippen LogP contribution in [0.25, 0.3) is 0 Å². The maximum absolute atomic E-state index is 13.0. The molecule has 1 fully saturated rings. The molecule has 0 unspecified atom stereocenters. The summed E-state index contributed by atoms with van der Waals surface area (Å²) >= 11 is 0. The highest BCUT2D eigenvalue weighted by Gasteiger charge is 2.42. The van der Waals surface area contributed by atoms with Gasteiger partial charge in [-0.15, -0.1) is 0 Å². The second-order valence-electron chi connectivity index (χ2n) is 2.87. The highest BCUT2D eigenvalue weighted by molar-refractivity contribution is 6.17. The van der Waals surface area contributed by atoms with Crippen LogP contribution in [0.5, 0.6) is 0 Å². The highest BCUT2D eigenvalue weighted by atomic mass is 19.3. The normalized spacial score (nSPS) is 21.8. The van der Waals surface area contributed by atoms with Crippen molar-refractivity contribution in [2.75, 3.05) is 13.1 Å². The molecule has 0 amide bonds. The molecule has 5 heteroatoms. The topological polar surface area (TPSA) is 3.24 Å². The van der Waals surface area contributed by atoms with Gasteiger partial charge in [0.15, 0.2) is 5.83 Å². The Morgan fingerprint density at radius 1 is 1.33 bits per heavy atom. The standard InChI is InChI=1S/C7H11BF3N/c8-5-6(9)7(10,11)12-3-1-2-4-12/h5H,1-4,8H2/b6-5-. The molecule has 0 aromatic carbocycles. The monoisotopic (exact) mass is 177 g/mol. The summed E-state index contributed by atoms with van der Waals surface area (Å²) in [5, 5.41) is 0. The molecular formula is C7H11BF3N. The molecule has 1 aliphatic rings. The lowest BCUT2D eigenvalue weighted by Gasteiger charge is -2.24. The van der Waals surface area contributed by atoms with Crippen molar-refractivity contribution in [3.05, 3.63) is 11.8 Å². The molecule has 1 aliphatic heterocycles. The van der Waals surface area contributed by atoms with Crippen molar-refractivity contribution in [2.24, 2.45) is 0 Å². The Morgan fingerprint density at radius 3 is 2.25 bits per heavy atom. The molecule has 0 spiro atoms. The summed E-state index contributed by atoms with van der Waals surface area (Å²) in [4.78, 5) is 0.877. The molecule has 68 valence electrons. The molecule has 1 rings (SSSR count). The van der Waals surface area contributed by atoms with E-state index >= 15 is 0 Å². The van der Waals surface area contributed by atoms with E-state index in [0.29, 0.717) is 0 Å². The molecule has 1 heterocycles. The first-order valence-corrected chi connectivity index (χ1v) is 4.04. The van der Waals surface area contributed by atoms with Gasteiger partial charge in [-0.1, -0.05) is 5.98 Å². The number of hydrogen-bond acceptors (Lipinski definition) is 1. The summed E-state index contributed by atoms with van der Waals surface area (Å²) in [7, 11) is 1.28. The van der Waals surface area contributed by atoms with Gasteiger partial charge in [0.2, 0.25) is 0 Å². The molecule has 0 bridgehead atoms. The van der Waals surface area contributed by atoms with E-state index in [0.717, 1.165) is 23.7 Å². The van der Waals surface area contributed by atoms with Crippen LogP contribution in [0.4, 0.5) is 13.2 Å². The van der Waals surface area contributed by atoms with Crippen molar-refractivity contribution in [1.29, 1.82) is 0 Å². The Balaban J connectivity index is 2.69. The first-order valence-electron chi connectivity index (χ1n) is 4.04. The summed E-state index contributed by atoms with van der Waals surface area (Å²) < 4.78 is 38.6. The quantitative estimate of drug-likeness (QED) is 0.451. The van der Waals surface area contributed by atoms with Crippen LogP contribution >= 0.6 is 0 Å². The smallest absolute Gasteiger partial charge is 0.238 e. The van der Waals surface area contributed by atoms with Gasteiger partial charge in [0.05, 0.1) is 0 Å². The van der Waals surface area contributed by atoms with Crippen molar-refractivity contribution in [1.82, 2.24) is 4.90 Å². The van der Waals surface area contributed by atoms with E-state index in [2.05, 4.69) is 0 Å². The van der Waals surface area contributed by atoms with Crippen molar-refractivity contribution in [2.45, 2.75) is 18.9 Å². The van der Waals surface area contributed by atoms with E-state index in [1.165, 1.54) is 7.85 Å². The van der Waals surface area contributed by atoms with Gasteiger partial charge in [0, 0.05) is 13.1 Å². The summed E-state index contributed by atoms with van der Waals surface area (Å²) in [6.45, 7) is 0.572. The third-order valence-electron chi connectivity index (χ3n) is 2.04. The maximum atomic E-state index is 13.0. The average molecular weight is 177 g/mol. The molecule has 0 radical (unpaired) electrons. The van der Waals surface area contributed by atoms with Crippen LogP contribution in [0.1, 0.15) is 12.8 Å². The fourth-order valence-corrected chi connectivity index (χ4v) is 1.32. The zero-order chi connectivity index (χ0) is 9.19. The van der Waals surface area contributed by atoms with Gasteiger partial charge in [0.25, 0.3) is 0 Å². The Morgan fingerprint density at radius 2 is 1.83 bits per heavy atom. The van der Waals surface area contributed by atoms with Gasteiger partial charge in [-0.05, 0) is 12.8 Å². The van der Waals surface area contributed by atoms with E-state index in [-0.39, 0.29) is 13.1 Å². The van der Waals surface area contributed by atoms with Crippen LogP contribution in [0, 0.1) is 0 Å². The molecule has 1 saturated heterocycles. The van der Waals surface area contributed by atoms with E-state index in [4.69, 9.17) is 0 Å². The minimum Gasteiger partial charge on any atom is -0.238 e. The van der Waals surface area contributed by atoms with Crippen LogP contribution in [0.2, 0.25) is 0 Å². The lowest BCUT2D eigenvalue weighted by atomic mass is 10.1. The average Bonchev–Trinajstić information content (AvgIpc) is 2.55. The maximum Gasteiger partial charge on any atom is 0.356 e. The molecular weight excluding hydrogens is 166 g/mol. The molecule has 0 N–H and O–H groups in total. The van der Waals surface area contributed by atoms with Crippen LogP contribution in [0.15, 0.2) is 11.8 Å². The first-order chi connectivity index (χ1) is 5.59. The number of hydrogen-bond donors (Lipinski definition) is 0. The summed E-state index contributed by atoms with van der Waals surface area (Å²) in [5.41, 5.74) is 0. The lowest BCUT2D eigenvalue weighted by Crippen LogP contribution is -2.40. The van der Waals surface area contributed by atoms with Crippen LogP contribution < -0.4 is 0 Å². The zero-order valence-corrected chi connectivity index (χ0v) is 6.99. The molecule has 0 aromatic heterocycles. The first kappa shape index (κ1) is 9.64. The Bertz CT molecular complexity index is 187. The molecule has 0 aromatic rings. The lowest BCUT2D eigenvalue weighted by molar-refractivity contribution is -0.117. The second-order valence-corrected chi connectivity index (χ2v) is 2.87. The van der Waals surface area contributed by atoms with Crippen molar-refractivity contribution in [3.63, 3.8) is 0 Å². The number of likely N-dealkylation sites (tertiary alicyclic amines) is 1. The Hall–Kier alpha value is -0.445. The third-order valence-corrected chi connectivity index (χ3v) is 2.04. The van der Waals surface area contributed by atoms with E-state index < -0.39 is 11.9 Å².